The third kappa shape index (κ3) is 7.25. The summed E-state index contributed by atoms with van der Waals surface area (Å²) in [7, 11) is 0. The molecule has 1 N–H and O–H groups in total. The predicted molar refractivity (Wildman–Crippen MR) is 38.3 cm³/mol. The SMILES string of the molecule is O=C(O)C=CC#CCBr. The van der Waals surface area contributed by atoms with E-state index in [1.165, 1.54) is 6.08 Å². The van der Waals surface area contributed by atoms with Crippen molar-refractivity contribution in [1.82, 2.24) is 0 Å². The van der Waals surface area contributed by atoms with Crippen LogP contribution in [0.5, 0.6) is 0 Å². The molecule has 0 unspecified atom stereocenters. The zero-order valence-corrected chi connectivity index (χ0v) is 6.18. The maximum atomic E-state index is 9.80. The van der Waals surface area contributed by atoms with E-state index in [1.807, 2.05) is 0 Å². The van der Waals surface area contributed by atoms with E-state index < -0.39 is 5.97 Å². The van der Waals surface area contributed by atoms with Gasteiger partial charge in [-0.05, 0) is 6.08 Å². The number of aliphatic carboxylic acids is 1. The summed E-state index contributed by atoms with van der Waals surface area (Å²) in [5, 5.41) is 8.61. The molecule has 0 heterocycles. The van der Waals surface area contributed by atoms with Crippen LogP contribution in [-0.4, -0.2) is 16.4 Å². The Kier molecular flexibility index (Phi) is 4.94. The first-order valence-corrected chi connectivity index (χ1v) is 3.33. The summed E-state index contributed by atoms with van der Waals surface area (Å²) in [5.41, 5.74) is 0. The quantitative estimate of drug-likeness (QED) is 0.380. The Balaban J connectivity index is 3.59. The minimum absolute atomic E-state index is 0.566. The van der Waals surface area contributed by atoms with E-state index >= 15 is 0 Å². The Morgan fingerprint density at radius 3 is 2.89 bits per heavy atom. The predicted octanol–water partition coefficient (Wildman–Crippen LogP) is 1.03. The van der Waals surface area contributed by atoms with Crippen LogP contribution in [0.2, 0.25) is 0 Å². The Labute approximate surface area is 61.7 Å². The molecule has 2 nitrogen and oxygen atoms in total. The molecule has 0 aromatic heterocycles. The monoisotopic (exact) mass is 188 g/mol. The van der Waals surface area contributed by atoms with Crippen LogP contribution < -0.4 is 0 Å². The van der Waals surface area contributed by atoms with Crippen LogP contribution in [-0.2, 0) is 4.79 Å². The van der Waals surface area contributed by atoms with Crippen LogP contribution in [0.15, 0.2) is 12.2 Å². The first kappa shape index (κ1) is 8.25. The number of allylic oxidation sites excluding steroid dienone is 1. The Hall–Kier alpha value is -0.750. The molecule has 0 spiro atoms. The van der Waals surface area contributed by atoms with E-state index in [0.717, 1.165) is 6.08 Å². The van der Waals surface area contributed by atoms with Crippen LogP contribution in [0.25, 0.3) is 0 Å². The summed E-state index contributed by atoms with van der Waals surface area (Å²) >= 11 is 3.06. The lowest BCUT2D eigenvalue weighted by atomic mass is 10.5. The lowest BCUT2D eigenvalue weighted by Gasteiger charge is -1.70. The van der Waals surface area contributed by atoms with Crippen LogP contribution >= 0.6 is 15.9 Å². The van der Waals surface area contributed by atoms with E-state index in [4.69, 9.17) is 5.11 Å². The van der Waals surface area contributed by atoms with Gasteiger partial charge in [-0.15, -0.1) is 0 Å². The van der Waals surface area contributed by atoms with Gasteiger partial charge in [-0.1, -0.05) is 27.8 Å². The Morgan fingerprint density at radius 2 is 2.44 bits per heavy atom. The summed E-state index contributed by atoms with van der Waals surface area (Å²) in [6.07, 6.45) is 2.29. The maximum absolute atomic E-state index is 9.80. The van der Waals surface area contributed by atoms with Crippen molar-refractivity contribution in [3.8, 4) is 11.8 Å². The molecular weight excluding hydrogens is 184 g/mol. The molecule has 0 aromatic carbocycles. The first-order valence-electron chi connectivity index (χ1n) is 2.21. The molecule has 0 aliphatic carbocycles. The number of carbonyl (C=O) groups is 1. The number of carboxylic acid groups (broad SMARTS) is 1. The molecule has 0 aromatic rings. The van der Waals surface area contributed by atoms with Crippen molar-refractivity contribution in [3.63, 3.8) is 0 Å². The summed E-state index contributed by atoms with van der Waals surface area (Å²) in [4.78, 5) is 9.80. The largest absolute Gasteiger partial charge is 0.478 e. The minimum atomic E-state index is -0.973. The van der Waals surface area contributed by atoms with Gasteiger partial charge in [0.25, 0.3) is 0 Å². The second kappa shape index (κ2) is 5.39. The van der Waals surface area contributed by atoms with Crippen molar-refractivity contribution in [3.05, 3.63) is 12.2 Å². The Bertz CT molecular complexity index is 173. The van der Waals surface area contributed by atoms with Gasteiger partial charge in [0.15, 0.2) is 0 Å². The van der Waals surface area contributed by atoms with E-state index in [9.17, 15) is 4.79 Å². The number of carboxylic acids is 1. The maximum Gasteiger partial charge on any atom is 0.328 e. The van der Waals surface area contributed by atoms with Gasteiger partial charge in [-0.3, -0.25) is 0 Å². The van der Waals surface area contributed by atoms with Crippen molar-refractivity contribution in [2.75, 3.05) is 5.33 Å². The zero-order chi connectivity index (χ0) is 7.11. The van der Waals surface area contributed by atoms with Crippen molar-refractivity contribution < 1.29 is 9.90 Å². The highest BCUT2D eigenvalue weighted by Gasteiger charge is 1.78. The molecule has 0 rings (SSSR count). The first-order chi connectivity index (χ1) is 4.27. The highest BCUT2D eigenvalue weighted by atomic mass is 79.9. The fourth-order valence-corrected chi connectivity index (χ4v) is 0.372. The highest BCUT2D eigenvalue weighted by molar-refractivity contribution is 9.09. The van der Waals surface area contributed by atoms with E-state index in [2.05, 4.69) is 27.8 Å². The standard InChI is InChI=1S/C6H5BrO2/c7-5-3-1-2-4-6(8)9/h2,4H,5H2,(H,8,9). The molecule has 0 aliphatic heterocycles. The van der Waals surface area contributed by atoms with Gasteiger partial charge in [0.2, 0.25) is 0 Å². The summed E-state index contributed by atoms with van der Waals surface area (Å²) in [6.45, 7) is 0. The normalized spacial score (nSPS) is 8.56. The van der Waals surface area contributed by atoms with Gasteiger partial charge in [-0.2, -0.15) is 0 Å². The molecule has 48 valence electrons. The molecule has 0 radical (unpaired) electrons. The summed E-state index contributed by atoms with van der Waals surface area (Å²) in [5.74, 6) is 4.15. The molecular formula is C6H5BrO2. The average molecular weight is 189 g/mol. The third-order valence-corrected chi connectivity index (χ3v) is 0.758. The molecule has 0 bridgehead atoms. The lowest BCUT2D eigenvalue weighted by Crippen LogP contribution is -1.84. The number of alkyl halides is 1. The second-order valence-corrected chi connectivity index (χ2v) is 1.69. The van der Waals surface area contributed by atoms with Crippen LogP contribution in [0.4, 0.5) is 0 Å². The van der Waals surface area contributed by atoms with Gasteiger partial charge in [0.1, 0.15) is 0 Å². The van der Waals surface area contributed by atoms with Gasteiger partial charge < -0.3 is 5.11 Å². The topological polar surface area (TPSA) is 37.3 Å². The van der Waals surface area contributed by atoms with Crippen molar-refractivity contribution in [2.45, 2.75) is 0 Å². The second-order valence-electron chi connectivity index (χ2n) is 1.13. The number of hydrogen-bond donors (Lipinski definition) is 1. The fraction of sp³-hybridized carbons (Fsp3) is 0.167. The van der Waals surface area contributed by atoms with Crippen molar-refractivity contribution in [1.29, 1.82) is 0 Å². The van der Waals surface area contributed by atoms with E-state index in [1.54, 1.807) is 0 Å². The van der Waals surface area contributed by atoms with Crippen molar-refractivity contribution >= 4 is 21.9 Å². The highest BCUT2D eigenvalue weighted by Crippen LogP contribution is 1.74. The van der Waals surface area contributed by atoms with Gasteiger partial charge in [0.05, 0.1) is 5.33 Å². The molecule has 0 amide bonds. The average Bonchev–Trinajstić information content (AvgIpc) is 1.80. The molecule has 0 aliphatic rings. The van der Waals surface area contributed by atoms with E-state index in [-0.39, 0.29) is 0 Å². The van der Waals surface area contributed by atoms with Crippen molar-refractivity contribution in [2.24, 2.45) is 0 Å². The molecule has 0 atom stereocenters. The number of halogens is 1. The number of rotatable bonds is 1. The van der Waals surface area contributed by atoms with Crippen LogP contribution in [0.1, 0.15) is 0 Å². The molecule has 0 saturated carbocycles. The third-order valence-electron chi connectivity index (χ3n) is 0.478. The van der Waals surface area contributed by atoms with Crippen LogP contribution in [0, 0.1) is 11.8 Å². The smallest absolute Gasteiger partial charge is 0.328 e. The summed E-state index contributed by atoms with van der Waals surface area (Å²) in [6, 6.07) is 0. The van der Waals surface area contributed by atoms with E-state index in [0.29, 0.717) is 5.33 Å². The Morgan fingerprint density at radius 1 is 1.78 bits per heavy atom. The molecule has 0 saturated heterocycles. The minimum Gasteiger partial charge on any atom is -0.478 e. The van der Waals surface area contributed by atoms with Crippen LogP contribution in [0.3, 0.4) is 0 Å². The number of hydrogen-bond acceptors (Lipinski definition) is 1. The van der Waals surface area contributed by atoms with Gasteiger partial charge in [-0.25, -0.2) is 4.79 Å². The lowest BCUT2D eigenvalue weighted by molar-refractivity contribution is -0.131. The summed E-state index contributed by atoms with van der Waals surface area (Å²) < 4.78 is 0. The molecule has 3 heteroatoms. The molecule has 0 fully saturated rings. The fourth-order valence-electron chi connectivity index (χ4n) is 0.210. The van der Waals surface area contributed by atoms with Gasteiger partial charge in [0, 0.05) is 6.08 Å². The zero-order valence-electron chi connectivity index (χ0n) is 4.60. The molecule has 9 heavy (non-hydrogen) atoms. The van der Waals surface area contributed by atoms with Gasteiger partial charge >= 0.3 is 5.97 Å².